The molecule has 1 aliphatic carbocycles. The Kier molecular flexibility index (Phi) is 8.71. The molecule has 3 fully saturated rings. The Bertz CT molecular complexity index is 1680. The maximum atomic E-state index is 13.9. The number of benzene rings is 2. The largest absolute Gasteiger partial charge is 0.462 e. The topological polar surface area (TPSA) is 88.8 Å². The van der Waals surface area contributed by atoms with Crippen LogP contribution in [0.2, 0.25) is 5.02 Å². The fraction of sp³-hybridized carbons (Fsp3) is 0.486. The average molecular weight is 644 g/mol. The number of fused-ring (bicyclic) bond motifs is 2. The molecule has 2 atom stereocenters. The molecule has 3 aliphatic heterocycles. The van der Waals surface area contributed by atoms with Gasteiger partial charge in [-0.2, -0.15) is 15.2 Å². The van der Waals surface area contributed by atoms with Gasteiger partial charge in [-0.3, -0.25) is 9.69 Å². The second-order valence-corrected chi connectivity index (χ2v) is 13.2. The highest BCUT2D eigenvalue weighted by molar-refractivity contribution is 6.36. The predicted octanol–water partition coefficient (Wildman–Crippen LogP) is 5.66. The number of carbonyl (C=O) groups is 1. The minimum absolute atomic E-state index is 0.0838. The number of hydrogen-bond acceptors (Lipinski definition) is 8. The summed E-state index contributed by atoms with van der Waals surface area (Å²) in [6, 6.07) is 15.2. The molecule has 4 aliphatic rings. The van der Waals surface area contributed by atoms with Crippen LogP contribution in [0, 0.1) is 11.3 Å². The monoisotopic (exact) mass is 643 g/mol. The maximum Gasteiger partial charge on any atom is 0.318 e. The van der Waals surface area contributed by atoms with Crippen molar-refractivity contribution in [3.05, 3.63) is 65.1 Å². The molecule has 0 bridgehead atoms. The fourth-order valence-corrected chi connectivity index (χ4v) is 8.02. The first-order valence-electron chi connectivity index (χ1n) is 16.4. The van der Waals surface area contributed by atoms with Gasteiger partial charge < -0.3 is 19.4 Å². The summed E-state index contributed by atoms with van der Waals surface area (Å²) in [6.45, 7) is 7.23. The second-order valence-electron chi connectivity index (χ2n) is 12.8. The standard InChI is InChI=1S/C35H39ClFN7O2/c1-23(37)34(45)44-19-18-42(20-26(44)12-15-38)33-28-14-16-41(31-11-5-7-24-6-4-10-29(36)32(24)31)21-30(28)39-35(40-33)46-22-27-13-17-43(27)25-8-2-3-9-25/h4-7,10-11,25-27H,1-3,8-9,12-14,16-22H2/t26-,27?/m0/s1. The number of ether oxygens (including phenoxy) is 1. The number of anilines is 2. The van der Waals surface area contributed by atoms with E-state index >= 15 is 0 Å². The van der Waals surface area contributed by atoms with Crippen LogP contribution >= 0.6 is 11.6 Å². The number of amides is 1. The van der Waals surface area contributed by atoms with E-state index in [0.29, 0.717) is 55.8 Å². The highest BCUT2D eigenvalue weighted by Gasteiger charge is 2.37. The van der Waals surface area contributed by atoms with E-state index < -0.39 is 17.8 Å². The average Bonchev–Trinajstić information content (AvgIpc) is 3.57. The third-order valence-electron chi connectivity index (χ3n) is 10.2. The molecule has 240 valence electrons. The van der Waals surface area contributed by atoms with Crippen LogP contribution in [0.3, 0.4) is 0 Å². The molecular formula is C35H39ClFN7O2. The van der Waals surface area contributed by atoms with Gasteiger partial charge in [0.25, 0.3) is 5.91 Å². The van der Waals surface area contributed by atoms with Gasteiger partial charge in [-0.1, -0.05) is 55.3 Å². The van der Waals surface area contributed by atoms with E-state index in [0.717, 1.165) is 53.0 Å². The van der Waals surface area contributed by atoms with Crippen LogP contribution in [-0.2, 0) is 17.8 Å². The quantitative estimate of drug-likeness (QED) is 0.291. The Morgan fingerprint density at radius 3 is 2.59 bits per heavy atom. The predicted molar refractivity (Wildman–Crippen MR) is 177 cm³/mol. The molecule has 2 saturated heterocycles. The lowest BCUT2D eigenvalue weighted by atomic mass is 9.99. The van der Waals surface area contributed by atoms with Gasteiger partial charge in [0, 0.05) is 61.4 Å². The molecule has 1 saturated carbocycles. The molecular weight excluding hydrogens is 605 g/mol. The Labute approximate surface area is 274 Å². The Morgan fingerprint density at radius 2 is 1.85 bits per heavy atom. The van der Waals surface area contributed by atoms with E-state index in [2.05, 4.69) is 51.6 Å². The zero-order valence-electron chi connectivity index (χ0n) is 26.0. The Hall–Kier alpha value is -3.94. The lowest BCUT2D eigenvalue weighted by Crippen LogP contribution is -2.56. The zero-order chi connectivity index (χ0) is 31.8. The van der Waals surface area contributed by atoms with Crippen LogP contribution < -0.4 is 14.5 Å². The fourth-order valence-electron chi connectivity index (χ4n) is 7.74. The first-order valence-corrected chi connectivity index (χ1v) is 16.8. The molecule has 11 heteroatoms. The maximum absolute atomic E-state index is 13.9. The number of hydrogen-bond donors (Lipinski definition) is 0. The van der Waals surface area contributed by atoms with Crippen molar-refractivity contribution >= 4 is 39.8 Å². The third-order valence-corrected chi connectivity index (χ3v) is 10.5. The van der Waals surface area contributed by atoms with Gasteiger partial charge in [0.15, 0.2) is 5.83 Å². The van der Waals surface area contributed by atoms with E-state index in [-0.39, 0.29) is 13.0 Å². The van der Waals surface area contributed by atoms with E-state index in [1.165, 1.54) is 30.6 Å². The molecule has 0 spiro atoms. The summed E-state index contributed by atoms with van der Waals surface area (Å²) in [5.74, 6) is -1.00. The lowest BCUT2D eigenvalue weighted by molar-refractivity contribution is -0.131. The highest BCUT2D eigenvalue weighted by atomic mass is 35.5. The van der Waals surface area contributed by atoms with Gasteiger partial charge >= 0.3 is 6.01 Å². The van der Waals surface area contributed by atoms with Crippen LogP contribution in [0.5, 0.6) is 6.01 Å². The number of aromatic nitrogens is 2. The first kappa shape index (κ1) is 30.7. The van der Waals surface area contributed by atoms with Crippen LogP contribution in [0.25, 0.3) is 10.8 Å². The van der Waals surface area contributed by atoms with Crippen molar-refractivity contribution in [1.82, 2.24) is 19.8 Å². The molecule has 46 heavy (non-hydrogen) atoms. The number of carbonyl (C=O) groups excluding carboxylic acids is 1. The molecule has 7 rings (SSSR count). The van der Waals surface area contributed by atoms with E-state index in [9.17, 15) is 14.4 Å². The molecule has 1 amide bonds. The molecule has 0 radical (unpaired) electrons. The number of piperazine rings is 1. The lowest BCUT2D eigenvalue weighted by Gasteiger charge is -2.44. The van der Waals surface area contributed by atoms with Gasteiger partial charge in [0.1, 0.15) is 12.4 Å². The number of likely N-dealkylation sites (tertiary alicyclic amines) is 1. The van der Waals surface area contributed by atoms with Crippen LogP contribution in [-0.4, -0.2) is 83.1 Å². The van der Waals surface area contributed by atoms with E-state index in [1.54, 1.807) is 0 Å². The number of nitriles is 1. The molecule has 0 N–H and O–H groups in total. The Balaban J connectivity index is 1.19. The second kappa shape index (κ2) is 13.0. The summed E-state index contributed by atoms with van der Waals surface area (Å²) in [5, 5.41) is 12.4. The van der Waals surface area contributed by atoms with Crippen molar-refractivity contribution in [3.63, 3.8) is 0 Å². The van der Waals surface area contributed by atoms with E-state index in [4.69, 9.17) is 26.3 Å². The number of halogens is 2. The molecule has 1 unspecified atom stereocenters. The van der Waals surface area contributed by atoms with Crippen molar-refractivity contribution in [2.75, 3.05) is 49.1 Å². The summed E-state index contributed by atoms with van der Waals surface area (Å²) in [5.41, 5.74) is 2.99. The van der Waals surface area contributed by atoms with Gasteiger partial charge in [-0.25, -0.2) is 4.39 Å². The zero-order valence-corrected chi connectivity index (χ0v) is 26.8. The van der Waals surface area contributed by atoms with Crippen molar-refractivity contribution in [3.8, 4) is 12.1 Å². The van der Waals surface area contributed by atoms with Crippen molar-refractivity contribution in [2.45, 2.75) is 69.6 Å². The highest BCUT2D eigenvalue weighted by Crippen LogP contribution is 2.38. The van der Waals surface area contributed by atoms with E-state index in [1.807, 2.05) is 12.1 Å². The van der Waals surface area contributed by atoms with Gasteiger partial charge in [0.2, 0.25) is 0 Å². The summed E-state index contributed by atoms with van der Waals surface area (Å²) in [4.78, 5) is 31.0. The molecule has 9 nitrogen and oxygen atoms in total. The van der Waals surface area contributed by atoms with Crippen molar-refractivity contribution < 1.29 is 13.9 Å². The van der Waals surface area contributed by atoms with Gasteiger partial charge in [-0.05, 0) is 43.2 Å². The third kappa shape index (κ3) is 5.87. The summed E-state index contributed by atoms with van der Waals surface area (Å²) < 4.78 is 20.2. The van der Waals surface area contributed by atoms with Gasteiger partial charge in [0.05, 0.1) is 35.8 Å². The van der Waals surface area contributed by atoms with Crippen LogP contribution in [0.4, 0.5) is 15.9 Å². The smallest absolute Gasteiger partial charge is 0.318 e. The summed E-state index contributed by atoms with van der Waals surface area (Å²) >= 11 is 6.71. The SMILES string of the molecule is C=C(F)C(=O)N1CCN(c2nc(OCC3CCN3C3CCCC3)nc3c2CCN(c2cccc4cccc(Cl)c24)C3)C[C@@H]1CC#N. The molecule has 3 aromatic rings. The van der Waals surface area contributed by atoms with Crippen LogP contribution in [0.15, 0.2) is 48.8 Å². The summed E-state index contributed by atoms with van der Waals surface area (Å²) in [7, 11) is 0. The van der Waals surface area contributed by atoms with Crippen LogP contribution in [0.1, 0.15) is 49.8 Å². The van der Waals surface area contributed by atoms with Crippen molar-refractivity contribution in [2.24, 2.45) is 0 Å². The molecule has 4 heterocycles. The summed E-state index contributed by atoms with van der Waals surface area (Å²) in [6.07, 6.45) is 7.02. The first-order chi connectivity index (χ1) is 22.4. The van der Waals surface area contributed by atoms with Gasteiger partial charge in [-0.15, -0.1) is 0 Å². The number of rotatable bonds is 8. The number of nitrogens with zero attached hydrogens (tertiary/aromatic N) is 7. The molecule has 2 aromatic carbocycles. The Morgan fingerprint density at radius 1 is 1.04 bits per heavy atom. The minimum atomic E-state index is -1.01. The minimum Gasteiger partial charge on any atom is -0.462 e. The van der Waals surface area contributed by atoms with Crippen molar-refractivity contribution in [1.29, 1.82) is 5.26 Å². The normalized spacial score (nSPS) is 22.0. The molecule has 1 aromatic heterocycles.